The first-order valence-electron chi connectivity index (χ1n) is 4.19. The van der Waals surface area contributed by atoms with Crippen LogP contribution in [0.15, 0.2) is 24.3 Å². The molecule has 4 N–H and O–H groups in total. The second-order valence-electron chi connectivity index (χ2n) is 3.01. The fourth-order valence-corrected chi connectivity index (χ4v) is 1.16. The van der Waals surface area contributed by atoms with Crippen LogP contribution in [0.4, 0.5) is 0 Å². The third kappa shape index (κ3) is 2.91. The van der Waals surface area contributed by atoms with E-state index in [1.165, 1.54) is 12.1 Å². The second kappa shape index (κ2) is 4.74. The number of carboxylic acids is 1. The molecule has 82 valence electrons. The van der Waals surface area contributed by atoms with Gasteiger partial charge in [0, 0.05) is 6.42 Å². The van der Waals surface area contributed by atoms with Crippen LogP contribution in [-0.4, -0.2) is 37.9 Å². The lowest BCUT2D eigenvalue weighted by Gasteiger charge is -2.16. The van der Waals surface area contributed by atoms with Crippen LogP contribution in [0.25, 0.3) is 0 Å². The fourth-order valence-electron chi connectivity index (χ4n) is 1.16. The van der Waals surface area contributed by atoms with E-state index < -0.39 is 12.0 Å². The quantitative estimate of drug-likeness (QED) is 0.542. The summed E-state index contributed by atoms with van der Waals surface area (Å²) >= 11 is 0. The van der Waals surface area contributed by atoms with Crippen LogP contribution in [0.5, 0.6) is 5.75 Å². The summed E-state index contributed by atoms with van der Waals surface area (Å²) in [5.41, 5.74) is 0.331. The van der Waals surface area contributed by atoms with Crippen LogP contribution in [0, 0.1) is 0 Å². The number of hydrogen-bond donors (Lipinski definition) is 4. The number of phenolic OH excluding ortho intramolecular Hbond substituents is 1. The molecule has 1 rings (SSSR count). The molecule has 0 aliphatic carbocycles. The highest BCUT2D eigenvalue weighted by Gasteiger charge is 2.24. The van der Waals surface area contributed by atoms with Crippen LogP contribution in [0.3, 0.4) is 0 Å². The van der Waals surface area contributed by atoms with Gasteiger partial charge in [0.2, 0.25) is 0 Å². The van der Waals surface area contributed by atoms with Crippen molar-refractivity contribution in [2.45, 2.75) is 12.5 Å². The van der Waals surface area contributed by atoms with E-state index in [-0.39, 0.29) is 17.4 Å². The molecule has 0 aromatic heterocycles. The fraction of sp³-hybridized carbons (Fsp3) is 0.222. The Hall–Kier alpha value is -1.63. The van der Waals surface area contributed by atoms with Gasteiger partial charge in [0.05, 0.1) is 0 Å². The monoisotopic (exact) mass is 213 g/mol. The number of hydroxylamine groups is 2. The van der Waals surface area contributed by atoms with E-state index in [4.69, 9.17) is 15.5 Å². The molecule has 0 aliphatic rings. The zero-order valence-electron chi connectivity index (χ0n) is 7.74. The van der Waals surface area contributed by atoms with E-state index in [9.17, 15) is 9.90 Å². The molecule has 0 spiro atoms. The topological polar surface area (TPSA) is 101 Å². The largest absolute Gasteiger partial charge is 0.508 e. The number of aliphatic carboxylic acids is 1. The predicted octanol–water partition coefficient (Wildman–Crippen LogP) is 0.468. The average molecular weight is 213 g/mol. The molecule has 0 aliphatic heterocycles. The number of carboxylic acid groups (broad SMARTS) is 1. The number of para-hydroxylation sites is 1. The molecule has 0 unspecified atom stereocenters. The lowest BCUT2D eigenvalue weighted by molar-refractivity contribution is -0.327. The van der Waals surface area contributed by atoms with Crippen molar-refractivity contribution in [3.63, 3.8) is 0 Å². The summed E-state index contributed by atoms with van der Waals surface area (Å²) in [5, 5.41) is 34.9. The summed E-state index contributed by atoms with van der Waals surface area (Å²) in [4.78, 5) is 10.6. The van der Waals surface area contributed by atoms with E-state index in [0.717, 1.165) is 0 Å². The highest BCUT2D eigenvalue weighted by atomic mass is 16.8. The van der Waals surface area contributed by atoms with Gasteiger partial charge < -0.3 is 10.2 Å². The van der Waals surface area contributed by atoms with Crippen molar-refractivity contribution >= 4 is 5.97 Å². The molecule has 0 bridgehead atoms. The van der Waals surface area contributed by atoms with E-state index in [1.807, 2.05) is 0 Å². The summed E-state index contributed by atoms with van der Waals surface area (Å²) in [7, 11) is 0. The molecule has 0 saturated carbocycles. The molecule has 0 amide bonds. The Morgan fingerprint density at radius 2 is 1.93 bits per heavy atom. The number of aromatic hydroxyl groups is 1. The number of phenols is 1. The van der Waals surface area contributed by atoms with Gasteiger partial charge in [-0.1, -0.05) is 23.4 Å². The van der Waals surface area contributed by atoms with Gasteiger partial charge in [0.25, 0.3) is 0 Å². The average Bonchev–Trinajstić information content (AvgIpc) is 2.15. The lowest BCUT2D eigenvalue weighted by atomic mass is 10.1. The van der Waals surface area contributed by atoms with Gasteiger partial charge in [0.1, 0.15) is 5.75 Å². The summed E-state index contributed by atoms with van der Waals surface area (Å²) < 4.78 is 0. The number of benzene rings is 1. The van der Waals surface area contributed by atoms with Gasteiger partial charge >= 0.3 is 5.97 Å². The lowest BCUT2D eigenvalue weighted by Crippen LogP contribution is -2.38. The van der Waals surface area contributed by atoms with Gasteiger partial charge in [-0.05, 0) is 11.6 Å². The van der Waals surface area contributed by atoms with Crippen molar-refractivity contribution in [2.24, 2.45) is 0 Å². The molecule has 15 heavy (non-hydrogen) atoms. The van der Waals surface area contributed by atoms with Crippen LogP contribution >= 0.6 is 0 Å². The second-order valence-corrected chi connectivity index (χ2v) is 3.01. The maximum absolute atomic E-state index is 10.6. The third-order valence-corrected chi connectivity index (χ3v) is 1.97. The zero-order valence-corrected chi connectivity index (χ0v) is 7.74. The minimum atomic E-state index is -1.50. The molecular formula is C9H11NO5. The molecule has 0 radical (unpaired) electrons. The Morgan fingerprint density at radius 1 is 1.33 bits per heavy atom. The Kier molecular flexibility index (Phi) is 3.62. The minimum Gasteiger partial charge on any atom is -0.508 e. The Balaban J connectivity index is 2.84. The highest BCUT2D eigenvalue weighted by Crippen LogP contribution is 2.18. The zero-order chi connectivity index (χ0) is 11.4. The molecule has 1 atom stereocenters. The predicted molar refractivity (Wildman–Crippen MR) is 48.6 cm³/mol. The van der Waals surface area contributed by atoms with Crippen LogP contribution < -0.4 is 0 Å². The van der Waals surface area contributed by atoms with E-state index in [2.05, 4.69) is 0 Å². The van der Waals surface area contributed by atoms with Gasteiger partial charge in [0.15, 0.2) is 6.04 Å². The maximum Gasteiger partial charge on any atom is 0.326 e. The van der Waals surface area contributed by atoms with E-state index in [1.54, 1.807) is 12.1 Å². The molecule has 6 nitrogen and oxygen atoms in total. The molecule has 6 heteroatoms. The number of hydrogen-bond acceptors (Lipinski definition) is 5. The van der Waals surface area contributed by atoms with Gasteiger partial charge in [-0.3, -0.25) is 15.2 Å². The van der Waals surface area contributed by atoms with Crippen molar-refractivity contribution in [2.75, 3.05) is 0 Å². The van der Waals surface area contributed by atoms with Gasteiger partial charge in [-0.2, -0.15) is 0 Å². The summed E-state index contributed by atoms with van der Waals surface area (Å²) in [5.74, 6) is -1.46. The summed E-state index contributed by atoms with van der Waals surface area (Å²) in [6.07, 6.45) is -0.199. The van der Waals surface area contributed by atoms with Crippen molar-refractivity contribution in [1.29, 1.82) is 0 Å². The Labute approximate surface area is 85.5 Å². The maximum atomic E-state index is 10.6. The van der Waals surface area contributed by atoms with Crippen LogP contribution in [0.2, 0.25) is 0 Å². The molecule has 0 saturated heterocycles. The van der Waals surface area contributed by atoms with Gasteiger partial charge in [-0.25, -0.2) is 0 Å². The van der Waals surface area contributed by atoms with Crippen molar-refractivity contribution in [3.05, 3.63) is 29.8 Å². The number of nitrogens with zero attached hydrogens (tertiary/aromatic N) is 1. The number of rotatable bonds is 4. The molecule has 0 fully saturated rings. The Morgan fingerprint density at radius 3 is 2.40 bits per heavy atom. The van der Waals surface area contributed by atoms with E-state index in [0.29, 0.717) is 5.56 Å². The first-order valence-corrected chi connectivity index (χ1v) is 4.19. The summed E-state index contributed by atoms with van der Waals surface area (Å²) in [6, 6.07) is 4.61. The van der Waals surface area contributed by atoms with Crippen LogP contribution in [-0.2, 0) is 11.2 Å². The Bertz CT molecular complexity index is 352. The normalized spacial score (nSPS) is 12.7. The smallest absolute Gasteiger partial charge is 0.326 e. The van der Waals surface area contributed by atoms with Gasteiger partial charge in [-0.15, -0.1) is 0 Å². The SMILES string of the molecule is O=C(O)[C@H](Cc1ccccc1O)N(O)O. The van der Waals surface area contributed by atoms with E-state index >= 15 is 0 Å². The van der Waals surface area contributed by atoms with Crippen molar-refractivity contribution in [1.82, 2.24) is 5.23 Å². The molecule has 0 heterocycles. The van der Waals surface area contributed by atoms with Crippen molar-refractivity contribution in [3.8, 4) is 5.75 Å². The third-order valence-electron chi connectivity index (χ3n) is 1.97. The molecule has 1 aromatic carbocycles. The number of carbonyl (C=O) groups is 1. The minimum absolute atomic E-state index is 0.0781. The van der Waals surface area contributed by atoms with Crippen LogP contribution in [0.1, 0.15) is 5.56 Å². The summed E-state index contributed by atoms with van der Waals surface area (Å²) in [6.45, 7) is 0. The first-order chi connectivity index (χ1) is 7.02. The molecule has 1 aromatic rings. The van der Waals surface area contributed by atoms with Crippen molar-refractivity contribution < 1.29 is 25.4 Å². The molecular weight excluding hydrogens is 202 g/mol. The standard InChI is InChI=1S/C9H11NO5/c11-8-4-2-1-3-6(8)5-7(9(12)13)10(14)15/h1-4,7,11,14-15H,5H2,(H,12,13)/t7-/m0/s1. The first kappa shape index (κ1) is 11.4. The highest BCUT2D eigenvalue weighted by molar-refractivity contribution is 5.73.